The molecule has 0 aliphatic heterocycles. The number of hydrogen-bond acceptors (Lipinski definition) is 6. The van der Waals surface area contributed by atoms with Crippen LogP contribution in [0.3, 0.4) is 0 Å². The summed E-state index contributed by atoms with van der Waals surface area (Å²) in [6, 6.07) is 12.9. The number of carbonyl (C=O) groups is 1. The van der Waals surface area contributed by atoms with Crippen LogP contribution in [0, 0.1) is 19.7 Å². The standard InChI is InChI=1S/C23H21FN6O3S/c1-13-6-7-14(2)18(8-13)30-19(10-17-11-20(31)27-22(33)26-17)28-29-23(30)34-12-21(32)25-16-5-3-4-15(24)9-16/h3-9,11H,10,12H2,1-2H3,(H,25,32)(H2,26,27,31,33). The number of aromatic nitrogens is 5. The van der Waals surface area contributed by atoms with Crippen LogP contribution in [0.1, 0.15) is 22.6 Å². The number of benzene rings is 2. The maximum atomic E-state index is 13.4. The van der Waals surface area contributed by atoms with Crippen LogP contribution in [-0.2, 0) is 11.2 Å². The van der Waals surface area contributed by atoms with Crippen molar-refractivity contribution >= 4 is 23.4 Å². The summed E-state index contributed by atoms with van der Waals surface area (Å²) in [5, 5.41) is 11.6. The highest BCUT2D eigenvalue weighted by atomic mass is 32.2. The predicted octanol–water partition coefficient (Wildman–Crippen LogP) is 2.72. The lowest BCUT2D eigenvalue weighted by atomic mass is 10.1. The van der Waals surface area contributed by atoms with Gasteiger partial charge in [-0.15, -0.1) is 10.2 Å². The number of H-pyrrole nitrogens is 2. The van der Waals surface area contributed by atoms with Gasteiger partial charge < -0.3 is 10.3 Å². The third kappa shape index (κ3) is 5.49. The van der Waals surface area contributed by atoms with Gasteiger partial charge in [0.05, 0.1) is 11.4 Å². The molecule has 3 N–H and O–H groups in total. The maximum Gasteiger partial charge on any atom is 0.325 e. The Labute approximate surface area is 197 Å². The number of nitrogens with one attached hydrogen (secondary N) is 3. The Morgan fingerprint density at radius 2 is 1.91 bits per heavy atom. The molecule has 34 heavy (non-hydrogen) atoms. The first-order chi connectivity index (χ1) is 16.3. The average molecular weight is 481 g/mol. The van der Waals surface area contributed by atoms with Gasteiger partial charge in [-0.1, -0.05) is 30.0 Å². The number of hydrogen-bond donors (Lipinski definition) is 3. The van der Waals surface area contributed by atoms with E-state index in [4.69, 9.17) is 0 Å². The quantitative estimate of drug-likeness (QED) is 0.349. The molecule has 0 aliphatic carbocycles. The van der Waals surface area contributed by atoms with Crippen LogP contribution >= 0.6 is 11.8 Å². The smallest absolute Gasteiger partial charge is 0.325 e. The van der Waals surface area contributed by atoms with Crippen LogP contribution in [0.5, 0.6) is 0 Å². The van der Waals surface area contributed by atoms with Crippen LogP contribution in [0.25, 0.3) is 5.69 Å². The molecule has 174 valence electrons. The van der Waals surface area contributed by atoms with E-state index in [-0.39, 0.29) is 18.1 Å². The van der Waals surface area contributed by atoms with E-state index in [1.54, 1.807) is 6.07 Å². The van der Waals surface area contributed by atoms with Crippen LogP contribution in [0.15, 0.2) is 63.3 Å². The molecular weight excluding hydrogens is 459 g/mol. The van der Waals surface area contributed by atoms with Gasteiger partial charge in [-0.3, -0.25) is 19.1 Å². The first kappa shape index (κ1) is 23.2. The van der Waals surface area contributed by atoms with Gasteiger partial charge in [0.15, 0.2) is 5.16 Å². The summed E-state index contributed by atoms with van der Waals surface area (Å²) in [5.74, 6) is -0.265. The predicted molar refractivity (Wildman–Crippen MR) is 127 cm³/mol. The number of anilines is 1. The molecule has 2 aromatic carbocycles. The molecule has 0 spiro atoms. The lowest BCUT2D eigenvalue weighted by molar-refractivity contribution is -0.113. The Kier molecular flexibility index (Phi) is 6.73. The van der Waals surface area contributed by atoms with Crippen LogP contribution < -0.4 is 16.6 Å². The van der Waals surface area contributed by atoms with Gasteiger partial charge in [0, 0.05) is 23.9 Å². The molecule has 0 atom stereocenters. The van der Waals surface area contributed by atoms with Gasteiger partial charge in [0.2, 0.25) is 5.91 Å². The zero-order valence-electron chi connectivity index (χ0n) is 18.4. The van der Waals surface area contributed by atoms with Crippen molar-refractivity contribution in [1.29, 1.82) is 0 Å². The van der Waals surface area contributed by atoms with Gasteiger partial charge in [0.1, 0.15) is 11.6 Å². The molecule has 9 nitrogen and oxygen atoms in total. The highest BCUT2D eigenvalue weighted by Crippen LogP contribution is 2.26. The largest absolute Gasteiger partial charge is 0.325 e. The Bertz CT molecular complexity index is 1450. The minimum absolute atomic E-state index is 0.0152. The monoisotopic (exact) mass is 480 g/mol. The molecule has 0 fully saturated rings. The maximum absolute atomic E-state index is 13.4. The third-order valence-corrected chi connectivity index (χ3v) is 5.84. The SMILES string of the molecule is Cc1ccc(C)c(-n2c(Cc3cc(=O)[nH]c(=O)[nH]3)nnc2SCC(=O)Nc2cccc(F)c2)c1. The second-order valence-electron chi connectivity index (χ2n) is 7.66. The molecular formula is C23H21FN6O3S. The van der Waals surface area contributed by atoms with E-state index in [2.05, 4.69) is 25.5 Å². The number of carbonyl (C=O) groups excluding carboxylic acids is 1. The first-order valence-electron chi connectivity index (χ1n) is 10.3. The van der Waals surface area contributed by atoms with E-state index in [0.29, 0.717) is 22.4 Å². The van der Waals surface area contributed by atoms with E-state index >= 15 is 0 Å². The fourth-order valence-electron chi connectivity index (χ4n) is 3.39. The van der Waals surface area contributed by atoms with Crippen molar-refractivity contribution in [1.82, 2.24) is 24.7 Å². The highest BCUT2D eigenvalue weighted by Gasteiger charge is 2.18. The number of aryl methyl sites for hydroxylation is 2. The molecule has 0 radical (unpaired) electrons. The van der Waals surface area contributed by atoms with Gasteiger partial charge >= 0.3 is 5.69 Å². The summed E-state index contributed by atoms with van der Waals surface area (Å²) < 4.78 is 15.2. The minimum Gasteiger partial charge on any atom is -0.325 e. The van der Waals surface area contributed by atoms with Crippen LogP contribution in [0.2, 0.25) is 0 Å². The molecule has 0 bridgehead atoms. The Morgan fingerprint density at radius 3 is 2.68 bits per heavy atom. The van der Waals surface area contributed by atoms with Crippen LogP contribution in [-0.4, -0.2) is 36.4 Å². The molecule has 4 rings (SSSR count). The zero-order valence-corrected chi connectivity index (χ0v) is 19.2. The van der Waals surface area contributed by atoms with Crippen molar-refractivity contribution in [2.24, 2.45) is 0 Å². The summed E-state index contributed by atoms with van der Waals surface area (Å²) in [6.45, 7) is 3.90. The summed E-state index contributed by atoms with van der Waals surface area (Å²) in [7, 11) is 0. The van der Waals surface area contributed by atoms with Crippen molar-refractivity contribution in [3.05, 3.63) is 97.8 Å². The van der Waals surface area contributed by atoms with Gasteiger partial charge in [-0.2, -0.15) is 0 Å². The van der Waals surface area contributed by atoms with E-state index in [1.807, 2.05) is 36.6 Å². The second-order valence-corrected chi connectivity index (χ2v) is 8.60. The Hall–Kier alpha value is -3.99. The molecule has 0 saturated carbocycles. The fraction of sp³-hybridized carbons (Fsp3) is 0.174. The lowest BCUT2D eigenvalue weighted by Gasteiger charge is -2.14. The van der Waals surface area contributed by atoms with Crippen LogP contribution in [0.4, 0.5) is 10.1 Å². The zero-order chi connectivity index (χ0) is 24.2. The number of halogens is 1. The molecule has 0 aliphatic rings. The van der Waals surface area contributed by atoms with Gasteiger partial charge in [0.25, 0.3) is 5.56 Å². The molecule has 4 aromatic rings. The molecule has 0 unspecified atom stereocenters. The molecule has 11 heteroatoms. The number of aromatic amines is 2. The Morgan fingerprint density at radius 1 is 1.09 bits per heavy atom. The van der Waals surface area contributed by atoms with Gasteiger partial charge in [-0.05, 0) is 49.2 Å². The summed E-state index contributed by atoms with van der Waals surface area (Å²) >= 11 is 1.17. The topological polar surface area (TPSA) is 126 Å². The lowest BCUT2D eigenvalue weighted by Crippen LogP contribution is -2.23. The summed E-state index contributed by atoms with van der Waals surface area (Å²) in [6.07, 6.45) is 0.148. The third-order valence-electron chi connectivity index (χ3n) is 4.91. The molecule has 0 saturated heterocycles. The van der Waals surface area contributed by atoms with E-state index in [9.17, 15) is 18.8 Å². The fourth-order valence-corrected chi connectivity index (χ4v) is 4.15. The summed E-state index contributed by atoms with van der Waals surface area (Å²) in [4.78, 5) is 40.6. The van der Waals surface area contributed by atoms with Crippen molar-refractivity contribution in [3.63, 3.8) is 0 Å². The molecule has 1 amide bonds. The number of rotatable bonds is 7. The molecule has 2 aromatic heterocycles. The highest BCUT2D eigenvalue weighted by molar-refractivity contribution is 7.99. The van der Waals surface area contributed by atoms with Crippen molar-refractivity contribution in [2.45, 2.75) is 25.4 Å². The second kappa shape index (κ2) is 9.87. The number of nitrogens with zero attached hydrogens (tertiary/aromatic N) is 3. The van der Waals surface area contributed by atoms with E-state index in [1.165, 1.54) is 36.0 Å². The van der Waals surface area contributed by atoms with Gasteiger partial charge in [-0.25, -0.2) is 9.18 Å². The van der Waals surface area contributed by atoms with E-state index < -0.39 is 17.1 Å². The van der Waals surface area contributed by atoms with Crippen molar-refractivity contribution in [2.75, 3.05) is 11.1 Å². The Balaban J connectivity index is 1.64. The van der Waals surface area contributed by atoms with Crippen molar-refractivity contribution in [3.8, 4) is 5.69 Å². The molecule has 2 heterocycles. The number of amides is 1. The van der Waals surface area contributed by atoms with Crippen molar-refractivity contribution < 1.29 is 9.18 Å². The summed E-state index contributed by atoms with van der Waals surface area (Å²) in [5.41, 5.74) is 2.42. The normalized spacial score (nSPS) is 10.9. The number of thioether (sulfide) groups is 1. The average Bonchev–Trinajstić information content (AvgIpc) is 3.15. The minimum atomic E-state index is -0.607. The van der Waals surface area contributed by atoms with E-state index in [0.717, 1.165) is 16.8 Å². The first-order valence-corrected chi connectivity index (χ1v) is 11.3.